The van der Waals surface area contributed by atoms with Gasteiger partial charge in [-0.1, -0.05) is 0 Å². The third kappa shape index (κ3) is 4.93. The molecule has 0 aliphatic rings. The summed E-state index contributed by atoms with van der Waals surface area (Å²) in [6, 6.07) is 0. The Morgan fingerprint density at radius 2 is 1.32 bits per heavy atom. The van der Waals surface area contributed by atoms with Crippen molar-refractivity contribution in [3.05, 3.63) is 5.53 Å². The molecule has 0 unspecified atom stereocenters. The summed E-state index contributed by atoms with van der Waals surface area (Å²) in [6.07, 6.45) is -1.02. The molecule has 0 amide bonds. The van der Waals surface area contributed by atoms with Crippen LogP contribution >= 0.6 is 15.2 Å². The quantitative estimate of drug-likeness (QED) is 0.295. The van der Waals surface area contributed by atoms with Gasteiger partial charge in [-0.05, 0) is 27.7 Å². The molecular formula is C9H20N2O6P2. The van der Waals surface area contributed by atoms with E-state index in [0.717, 1.165) is 14.2 Å². The summed E-state index contributed by atoms with van der Waals surface area (Å²) in [7, 11) is -6.00. The van der Waals surface area contributed by atoms with Crippen molar-refractivity contribution in [3.8, 4) is 0 Å². The Hall–Kier alpha value is -0.320. The van der Waals surface area contributed by atoms with Crippen molar-refractivity contribution in [2.45, 2.75) is 39.9 Å². The molecule has 0 N–H and O–H groups in total. The van der Waals surface area contributed by atoms with Crippen LogP contribution in [0.5, 0.6) is 0 Å². The van der Waals surface area contributed by atoms with E-state index in [1.807, 2.05) is 0 Å². The Bertz CT molecular complexity index is 422. The van der Waals surface area contributed by atoms with Gasteiger partial charge in [0.1, 0.15) is 0 Å². The molecule has 0 spiro atoms. The summed E-state index contributed by atoms with van der Waals surface area (Å²) < 4.78 is 44.5. The lowest BCUT2D eigenvalue weighted by Gasteiger charge is -2.21. The lowest BCUT2D eigenvalue weighted by Crippen LogP contribution is -2.16. The molecule has 0 aromatic heterocycles. The first-order valence-corrected chi connectivity index (χ1v) is 8.65. The largest absolute Gasteiger partial charge is 0.486 e. The van der Waals surface area contributed by atoms with Crippen LogP contribution in [0.2, 0.25) is 0 Å². The van der Waals surface area contributed by atoms with Crippen LogP contribution in [0.1, 0.15) is 27.7 Å². The molecule has 19 heavy (non-hydrogen) atoms. The third-order valence-electron chi connectivity index (χ3n) is 1.76. The Kier molecular flexibility index (Phi) is 7.33. The van der Waals surface area contributed by atoms with Gasteiger partial charge in [-0.15, -0.1) is 4.79 Å². The Morgan fingerprint density at radius 3 is 1.53 bits per heavy atom. The van der Waals surface area contributed by atoms with Crippen molar-refractivity contribution >= 4 is 20.4 Å². The monoisotopic (exact) mass is 314 g/mol. The molecule has 0 bridgehead atoms. The van der Waals surface area contributed by atoms with Gasteiger partial charge in [0.05, 0.1) is 12.2 Å². The van der Waals surface area contributed by atoms with Gasteiger partial charge in [0.25, 0.3) is 0 Å². The third-order valence-corrected chi connectivity index (χ3v) is 6.75. The summed E-state index contributed by atoms with van der Waals surface area (Å²) in [4.78, 5) is 2.77. The van der Waals surface area contributed by atoms with E-state index in [4.69, 9.17) is 14.6 Å². The van der Waals surface area contributed by atoms with E-state index in [2.05, 4.69) is 13.8 Å². The summed E-state index contributed by atoms with van der Waals surface area (Å²) in [5, 5.41) is -0.771. The molecule has 0 aromatic rings. The van der Waals surface area contributed by atoms with Gasteiger partial charge < -0.3 is 14.6 Å². The molecule has 0 radical (unpaired) electrons. The van der Waals surface area contributed by atoms with Crippen LogP contribution in [0.15, 0.2) is 0 Å². The maximum absolute atomic E-state index is 12.7. The zero-order valence-electron chi connectivity index (χ0n) is 11.9. The van der Waals surface area contributed by atoms with Crippen LogP contribution in [-0.4, -0.2) is 36.4 Å². The van der Waals surface area contributed by atoms with E-state index in [-0.39, 0.29) is 0 Å². The van der Waals surface area contributed by atoms with Gasteiger partial charge in [0, 0.05) is 14.2 Å². The fraction of sp³-hybridized carbons (Fsp3) is 0.889. The van der Waals surface area contributed by atoms with E-state index in [0.29, 0.717) is 0 Å². The zero-order chi connectivity index (χ0) is 15.3. The van der Waals surface area contributed by atoms with Gasteiger partial charge in [0.2, 0.25) is 0 Å². The molecule has 0 fully saturated rings. The van der Waals surface area contributed by atoms with Gasteiger partial charge in [0.15, 0.2) is 0 Å². The molecule has 112 valence electrons. The molecule has 8 nitrogen and oxygen atoms in total. The average Bonchev–Trinajstić information content (AvgIpc) is 2.26. The lowest BCUT2D eigenvalue weighted by atomic mass is 10.5. The normalized spacial score (nSPS) is 12.8. The number of hydrogen-bond acceptors (Lipinski definition) is 6. The minimum Gasteiger partial charge on any atom is -0.360 e. The molecule has 0 aliphatic heterocycles. The molecule has 0 aromatic carbocycles. The molecule has 0 heterocycles. The number of nitrogens with zero attached hydrogens (tertiary/aromatic N) is 2. The predicted octanol–water partition coefficient (Wildman–Crippen LogP) is 3.10. The molecule has 0 saturated heterocycles. The predicted molar refractivity (Wildman–Crippen MR) is 70.3 cm³/mol. The molecule has 0 saturated carbocycles. The summed E-state index contributed by atoms with van der Waals surface area (Å²) in [6.45, 7) is 6.43. The highest BCUT2D eigenvalue weighted by Gasteiger charge is 2.56. The Morgan fingerprint density at radius 1 is 0.947 bits per heavy atom. The minimum atomic E-state index is -4.11. The van der Waals surface area contributed by atoms with Crippen molar-refractivity contribution in [2.24, 2.45) is 0 Å². The topological polar surface area (TPSA) is 107 Å². The van der Waals surface area contributed by atoms with Crippen molar-refractivity contribution in [1.29, 1.82) is 0 Å². The van der Waals surface area contributed by atoms with E-state index in [9.17, 15) is 9.13 Å². The van der Waals surface area contributed by atoms with Gasteiger partial charge in [-0.25, -0.2) is 9.13 Å². The molecule has 10 heteroatoms. The van der Waals surface area contributed by atoms with Crippen LogP contribution in [0.25, 0.3) is 5.53 Å². The van der Waals surface area contributed by atoms with Crippen molar-refractivity contribution in [1.82, 2.24) is 0 Å². The van der Waals surface area contributed by atoms with Crippen LogP contribution in [-0.2, 0) is 27.2 Å². The van der Waals surface area contributed by atoms with Gasteiger partial charge in [-0.3, -0.25) is 9.05 Å². The first-order valence-electron chi connectivity index (χ1n) is 5.56. The van der Waals surface area contributed by atoms with Crippen LogP contribution in [0.4, 0.5) is 0 Å². The second-order valence-electron chi connectivity index (χ2n) is 4.07. The van der Waals surface area contributed by atoms with Gasteiger partial charge >= 0.3 is 20.4 Å². The lowest BCUT2D eigenvalue weighted by molar-refractivity contribution is -0.00338. The summed E-state index contributed by atoms with van der Waals surface area (Å²) in [5.41, 5.74) is 9.01. The Labute approximate surface area is 113 Å². The van der Waals surface area contributed by atoms with E-state index in [1.54, 1.807) is 27.7 Å². The minimum absolute atomic E-state index is 0.511. The van der Waals surface area contributed by atoms with Crippen molar-refractivity contribution in [3.63, 3.8) is 0 Å². The fourth-order valence-electron chi connectivity index (χ4n) is 1.17. The molecule has 0 atom stereocenters. The van der Waals surface area contributed by atoms with Gasteiger partial charge in [-0.2, -0.15) is 0 Å². The number of rotatable bonds is 8. The number of hydrogen-bond donors (Lipinski definition) is 0. The van der Waals surface area contributed by atoms with E-state index in [1.165, 1.54) is 0 Å². The highest BCUT2D eigenvalue weighted by molar-refractivity contribution is 7.98. The molecule has 0 aliphatic carbocycles. The molecule has 0 rings (SSSR count). The first kappa shape index (κ1) is 18.7. The standard InChI is InChI=1S/C9H20N2O6P2/c1-7(2)16-19(13,17-8(3)4)9(11-10)18(12,14-5)15-6/h7-8H,1-6H3. The Balaban J connectivity index is 5.77. The highest BCUT2D eigenvalue weighted by atomic mass is 31.2. The molecular weight excluding hydrogens is 294 g/mol. The zero-order valence-corrected chi connectivity index (χ0v) is 13.7. The fourth-order valence-corrected chi connectivity index (χ4v) is 5.19. The smallest absolute Gasteiger partial charge is 0.360 e. The summed E-state index contributed by atoms with van der Waals surface area (Å²) in [5.74, 6) is 0. The average molecular weight is 314 g/mol. The van der Waals surface area contributed by atoms with E-state index < -0.39 is 32.6 Å². The maximum Gasteiger partial charge on any atom is 0.486 e. The van der Waals surface area contributed by atoms with E-state index >= 15 is 0 Å². The summed E-state index contributed by atoms with van der Waals surface area (Å²) >= 11 is 0. The van der Waals surface area contributed by atoms with Crippen LogP contribution < -0.4 is 0 Å². The maximum atomic E-state index is 12.7. The van der Waals surface area contributed by atoms with Crippen LogP contribution in [0.3, 0.4) is 0 Å². The second kappa shape index (κ2) is 7.46. The SMILES string of the molecule is COP(=O)(OC)C(=[N+]=[N-])P(=O)(OC(C)C)OC(C)C. The highest BCUT2D eigenvalue weighted by Crippen LogP contribution is 2.65. The first-order chi connectivity index (χ1) is 8.65. The second-order valence-corrected chi connectivity index (χ2v) is 8.41. The van der Waals surface area contributed by atoms with Crippen molar-refractivity contribution < 1.29 is 32.0 Å². The van der Waals surface area contributed by atoms with Crippen molar-refractivity contribution in [2.75, 3.05) is 14.2 Å². The van der Waals surface area contributed by atoms with Crippen LogP contribution in [0, 0.1) is 0 Å².